The van der Waals surface area contributed by atoms with Crippen LogP contribution in [0.5, 0.6) is 5.75 Å². The number of nitrogens with one attached hydrogen (secondary N) is 1. The van der Waals surface area contributed by atoms with Gasteiger partial charge in [0.25, 0.3) is 5.92 Å². The van der Waals surface area contributed by atoms with Crippen molar-refractivity contribution in [2.24, 2.45) is 0 Å². The highest BCUT2D eigenvalue weighted by atomic mass is 35.5. The van der Waals surface area contributed by atoms with Gasteiger partial charge in [0.2, 0.25) is 0 Å². The summed E-state index contributed by atoms with van der Waals surface area (Å²) in [7, 11) is 0. The predicted octanol–water partition coefficient (Wildman–Crippen LogP) is 5.23. The Hall–Kier alpha value is -2.56. The highest BCUT2D eigenvalue weighted by Gasteiger charge is 2.49. The number of nitrogen functional groups attached to an aromatic ring is 1. The zero-order chi connectivity index (χ0) is 23.9. The molecule has 0 radical (unpaired) electrons. The van der Waals surface area contributed by atoms with Gasteiger partial charge in [-0.2, -0.15) is 5.10 Å². The number of benzene rings is 1. The zero-order valence-corrected chi connectivity index (χ0v) is 18.7. The Bertz CT molecular complexity index is 1180. The summed E-state index contributed by atoms with van der Waals surface area (Å²) in [4.78, 5) is 4.07. The van der Waals surface area contributed by atoms with Crippen LogP contribution in [0.2, 0.25) is 10.0 Å². The van der Waals surface area contributed by atoms with Crippen LogP contribution in [-0.4, -0.2) is 39.9 Å². The first-order chi connectivity index (χ1) is 15.6. The summed E-state index contributed by atoms with van der Waals surface area (Å²) in [5, 5.41) is 6.35. The molecule has 1 fully saturated rings. The average molecular weight is 504 g/mol. The number of hydrogen-bond donors (Lipinski definition) is 2. The van der Waals surface area contributed by atoms with Crippen molar-refractivity contribution in [2.75, 3.05) is 18.8 Å². The first-order valence-corrected chi connectivity index (χ1v) is 10.7. The summed E-state index contributed by atoms with van der Waals surface area (Å²) >= 11 is 12.2. The number of pyridine rings is 1. The number of halogens is 6. The van der Waals surface area contributed by atoms with Gasteiger partial charge in [0.15, 0.2) is 11.6 Å². The van der Waals surface area contributed by atoms with Gasteiger partial charge >= 0.3 is 0 Å². The number of nitrogens with zero attached hydrogens (tertiary/aromatic N) is 3. The normalized spacial score (nSPS) is 21.1. The zero-order valence-electron chi connectivity index (χ0n) is 17.2. The maximum absolute atomic E-state index is 14.3. The second kappa shape index (κ2) is 9.00. The van der Waals surface area contributed by atoms with Crippen LogP contribution in [0.4, 0.5) is 23.4 Å². The van der Waals surface area contributed by atoms with E-state index in [-0.39, 0.29) is 33.7 Å². The number of rotatable bonds is 5. The van der Waals surface area contributed by atoms with Crippen LogP contribution < -0.4 is 15.8 Å². The molecule has 6 nitrogen and oxygen atoms in total. The van der Waals surface area contributed by atoms with E-state index in [1.54, 1.807) is 6.92 Å². The Morgan fingerprint density at radius 1 is 1.27 bits per heavy atom. The molecule has 3 aromatic rings. The van der Waals surface area contributed by atoms with Crippen LogP contribution in [0.25, 0.3) is 11.1 Å². The fraction of sp³-hybridized carbons (Fsp3) is 0.333. The number of alkyl halides is 3. The summed E-state index contributed by atoms with van der Waals surface area (Å²) in [6.45, 7) is 0.773. The van der Waals surface area contributed by atoms with Gasteiger partial charge < -0.3 is 15.8 Å². The van der Waals surface area contributed by atoms with E-state index in [2.05, 4.69) is 15.4 Å². The molecule has 0 saturated carbocycles. The maximum Gasteiger partial charge on any atom is 0.285 e. The lowest BCUT2D eigenvalue weighted by molar-refractivity contribution is -0.0977. The van der Waals surface area contributed by atoms with Gasteiger partial charge in [-0.3, -0.25) is 4.68 Å². The first kappa shape index (κ1) is 23.6. The Morgan fingerprint density at radius 2 is 2.03 bits per heavy atom. The fourth-order valence-electron chi connectivity index (χ4n) is 3.73. The highest BCUT2D eigenvalue weighted by molar-refractivity contribution is 6.36. The van der Waals surface area contributed by atoms with Crippen LogP contribution in [-0.2, 0) is 0 Å². The lowest BCUT2D eigenvalue weighted by Gasteiger charge is -2.34. The number of ether oxygens (including phenoxy) is 1. The third-order valence-corrected chi connectivity index (χ3v) is 6.08. The summed E-state index contributed by atoms with van der Waals surface area (Å²) in [5.74, 6) is -3.79. The van der Waals surface area contributed by atoms with Crippen molar-refractivity contribution < 1.29 is 22.3 Å². The molecule has 12 heteroatoms. The standard InChI is InChI=1S/C21H19Cl2F4N5O/c1-10(17-13(22)2-3-14(24)18(17)23)33-16-4-11(5-30-20(16)28)12-6-31-32(8-12)19-15(25)7-29-9-21(19,26)27/h2-6,8,10,15,19,29H,7,9H2,1H3,(H2,28,30). The van der Waals surface area contributed by atoms with E-state index in [0.29, 0.717) is 11.1 Å². The minimum atomic E-state index is -3.31. The topological polar surface area (TPSA) is 78.0 Å². The number of nitrogens with two attached hydrogens (primary N) is 1. The molecule has 0 amide bonds. The molecule has 1 aliphatic rings. The summed E-state index contributed by atoms with van der Waals surface area (Å²) in [6.07, 6.45) is 1.45. The van der Waals surface area contributed by atoms with Crippen molar-refractivity contribution in [1.29, 1.82) is 0 Å². The van der Waals surface area contributed by atoms with Crippen LogP contribution in [0.1, 0.15) is 24.6 Å². The van der Waals surface area contributed by atoms with E-state index in [0.717, 1.165) is 10.7 Å². The molecule has 176 valence electrons. The van der Waals surface area contributed by atoms with E-state index < -0.39 is 36.6 Å². The van der Waals surface area contributed by atoms with Gasteiger partial charge in [-0.25, -0.2) is 22.5 Å². The molecule has 3 atom stereocenters. The van der Waals surface area contributed by atoms with Gasteiger partial charge in [-0.15, -0.1) is 0 Å². The second-order valence-electron chi connectivity index (χ2n) is 7.69. The monoisotopic (exact) mass is 503 g/mol. The molecule has 4 rings (SSSR count). The van der Waals surface area contributed by atoms with E-state index in [9.17, 15) is 17.6 Å². The minimum absolute atomic E-state index is 0.0374. The largest absolute Gasteiger partial charge is 0.482 e. The SMILES string of the molecule is CC(Oc1cc(-c2cnn(C3C(F)CNCC3(F)F)c2)cnc1N)c1c(Cl)ccc(F)c1Cl. The van der Waals surface area contributed by atoms with Gasteiger partial charge in [0.1, 0.15) is 24.1 Å². The molecule has 3 N–H and O–H groups in total. The summed E-state index contributed by atoms with van der Waals surface area (Å²) in [5.41, 5.74) is 7.01. The van der Waals surface area contributed by atoms with Crippen molar-refractivity contribution in [2.45, 2.75) is 31.2 Å². The molecule has 3 unspecified atom stereocenters. The molecule has 0 spiro atoms. The number of anilines is 1. The first-order valence-electron chi connectivity index (χ1n) is 9.91. The van der Waals surface area contributed by atoms with Crippen molar-refractivity contribution in [3.8, 4) is 16.9 Å². The van der Waals surface area contributed by atoms with Crippen LogP contribution in [0.15, 0.2) is 36.8 Å². The number of piperidine rings is 1. The van der Waals surface area contributed by atoms with Crippen molar-refractivity contribution in [3.63, 3.8) is 0 Å². The Balaban J connectivity index is 1.62. The number of hydrogen-bond acceptors (Lipinski definition) is 5. The smallest absolute Gasteiger partial charge is 0.285 e. The third-order valence-electron chi connectivity index (χ3n) is 5.37. The van der Waals surface area contributed by atoms with Gasteiger partial charge in [-0.1, -0.05) is 23.2 Å². The number of aromatic nitrogens is 3. The van der Waals surface area contributed by atoms with E-state index in [1.165, 1.54) is 30.7 Å². The third kappa shape index (κ3) is 4.60. The lowest BCUT2D eigenvalue weighted by Crippen LogP contribution is -2.53. The second-order valence-corrected chi connectivity index (χ2v) is 8.47. The quantitative estimate of drug-likeness (QED) is 0.368. The van der Waals surface area contributed by atoms with E-state index >= 15 is 0 Å². The molecule has 1 aromatic carbocycles. The Morgan fingerprint density at radius 3 is 2.76 bits per heavy atom. The molecule has 1 aliphatic heterocycles. The van der Waals surface area contributed by atoms with Gasteiger partial charge in [0, 0.05) is 40.7 Å². The average Bonchev–Trinajstić information content (AvgIpc) is 3.21. The molecule has 0 bridgehead atoms. The molecule has 33 heavy (non-hydrogen) atoms. The molecule has 2 aromatic heterocycles. The lowest BCUT2D eigenvalue weighted by atomic mass is 10.0. The molecular formula is C21H19Cl2F4N5O. The van der Waals surface area contributed by atoms with Crippen LogP contribution >= 0.6 is 23.2 Å². The molecule has 1 saturated heterocycles. The van der Waals surface area contributed by atoms with Gasteiger partial charge in [-0.05, 0) is 25.1 Å². The van der Waals surface area contributed by atoms with Crippen molar-refractivity contribution in [3.05, 3.63) is 58.2 Å². The Labute approximate surface area is 196 Å². The van der Waals surface area contributed by atoms with Crippen molar-refractivity contribution in [1.82, 2.24) is 20.1 Å². The molecular weight excluding hydrogens is 485 g/mol. The molecule has 0 aliphatic carbocycles. The van der Waals surface area contributed by atoms with Crippen LogP contribution in [0, 0.1) is 5.82 Å². The summed E-state index contributed by atoms with van der Waals surface area (Å²) < 4.78 is 63.5. The van der Waals surface area contributed by atoms with Crippen molar-refractivity contribution >= 4 is 29.0 Å². The Kier molecular flexibility index (Phi) is 6.43. The minimum Gasteiger partial charge on any atom is -0.482 e. The van der Waals surface area contributed by atoms with Gasteiger partial charge in [0.05, 0.1) is 17.8 Å². The predicted molar refractivity (Wildman–Crippen MR) is 117 cm³/mol. The fourth-order valence-corrected chi connectivity index (χ4v) is 4.41. The summed E-state index contributed by atoms with van der Waals surface area (Å²) in [6, 6.07) is 2.29. The van der Waals surface area contributed by atoms with E-state index in [1.807, 2.05) is 0 Å². The van der Waals surface area contributed by atoms with E-state index in [4.69, 9.17) is 33.7 Å². The maximum atomic E-state index is 14.3. The van der Waals surface area contributed by atoms with Crippen LogP contribution in [0.3, 0.4) is 0 Å². The molecule has 3 heterocycles. The highest BCUT2D eigenvalue weighted by Crippen LogP contribution is 2.38.